The number of carbonyl (C=O) groups excluding carboxylic acids is 2. The van der Waals surface area contributed by atoms with Crippen molar-refractivity contribution in [1.29, 1.82) is 0 Å². The minimum atomic E-state index is -0.631. The maximum Gasteiger partial charge on any atom is 0.349 e. The van der Waals surface area contributed by atoms with E-state index in [-0.39, 0.29) is 24.5 Å². The van der Waals surface area contributed by atoms with Gasteiger partial charge in [-0.2, -0.15) is 0 Å². The van der Waals surface area contributed by atoms with Gasteiger partial charge in [-0.25, -0.2) is 9.59 Å². The molecule has 0 bridgehead atoms. The Balaban J connectivity index is 1.56. The molecule has 154 valence electrons. The van der Waals surface area contributed by atoms with E-state index in [9.17, 15) is 9.59 Å². The van der Waals surface area contributed by atoms with E-state index in [4.69, 9.17) is 25.8 Å². The first-order valence-electron chi connectivity index (χ1n) is 9.42. The molecule has 6 heteroatoms. The summed E-state index contributed by atoms with van der Waals surface area (Å²) in [5, 5.41) is 0.585. The van der Waals surface area contributed by atoms with Crippen molar-refractivity contribution >= 4 is 23.5 Å². The van der Waals surface area contributed by atoms with Crippen LogP contribution in [0, 0.1) is 6.92 Å². The molecule has 0 aromatic heterocycles. The van der Waals surface area contributed by atoms with Crippen LogP contribution < -0.4 is 9.47 Å². The Bertz CT molecular complexity index is 1020. The number of carbonyl (C=O) groups is 2. The van der Waals surface area contributed by atoms with Crippen molar-refractivity contribution in [2.75, 3.05) is 13.2 Å². The monoisotopic (exact) mass is 424 g/mol. The highest BCUT2D eigenvalue weighted by Crippen LogP contribution is 2.23. The molecule has 0 fully saturated rings. The number of para-hydroxylation sites is 1. The Morgan fingerprint density at radius 3 is 2.40 bits per heavy atom. The van der Waals surface area contributed by atoms with Gasteiger partial charge in [0.25, 0.3) is 0 Å². The summed E-state index contributed by atoms with van der Waals surface area (Å²) in [5.74, 6) is -0.522. The third kappa shape index (κ3) is 6.09. The van der Waals surface area contributed by atoms with Crippen molar-refractivity contribution in [3.63, 3.8) is 0 Å². The maximum absolute atomic E-state index is 12.4. The largest absolute Gasteiger partial charge is 0.482 e. The Morgan fingerprint density at radius 1 is 0.900 bits per heavy atom. The molecule has 3 aromatic carbocycles. The van der Waals surface area contributed by atoms with Crippen molar-refractivity contribution in [1.82, 2.24) is 0 Å². The first-order chi connectivity index (χ1) is 14.5. The number of esters is 2. The van der Waals surface area contributed by atoms with Crippen molar-refractivity contribution in [3.05, 3.63) is 94.5 Å². The molecule has 0 saturated carbocycles. The summed E-state index contributed by atoms with van der Waals surface area (Å²) in [6.45, 7) is 1.75. The molecule has 0 heterocycles. The normalized spacial score (nSPS) is 10.3. The lowest BCUT2D eigenvalue weighted by atomic mass is 10.2. The molecule has 0 unspecified atom stereocenters. The first kappa shape index (κ1) is 21.4. The molecule has 0 radical (unpaired) electrons. The van der Waals surface area contributed by atoms with Crippen LogP contribution in [0.5, 0.6) is 11.5 Å². The van der Waals surface area contributed by atoms with Gasteiger partial charge >= 0.3 is 11.9 Å². The fourth-order valence-corrected chi connectivity index (χ4v) is 3.00. The highest BCUT2D eigenvalue weighted by Gasteiger charge is 2.17. The summed E-state index contributed by atoms with van der Waals surface area (Å²) in [5.41, 5.74) is 2.05. The standard InChI is InChI=1S/C24H21ClO5/c1-17-15-19(25)11-12-21(17)29-16-23(26)30-22-10-6-5-9-20(22)24(27)28-14-13-18-7-3-2-4-8-18/h2-12,15H,13-14,16H2,1H3. The molecular weight excluding hydrogens is 404 g/mol. The molecule has 0 atom stereocenters. The molecule has 3 rings (SSSR count). The van der Waals surface area contributed by atoms with E-state index in [1.54, 1.807) is 42.5 Å². The molecule has 0 aliphatic carbocycles. The van der Waals surface area contributed by atoms with Crippen LogP contribution in [0.4, 0.5) is 0 Å². The van der Waals surface area contributed by atoms with Crippen molar-refractivity contribution in [2.24, 2.45) is 0 Å². The van der Waals surface area contributed by atoms with Crippen molar-refractivity contribution < 1.29 is 23.8 Å². The molecular formula is C24H21ClO5. The summed E-state index contributed by atoms with van der Waals surface area (Å²) in [4.78, 5) is 24.6. The minimum Gasteiger partial charge on any atom is -0.482 e. The predicted octanol–water partition coefficient (Wildman–Crippen LogP) is 5.03. The Hall–Kier alpha value is -3.31. The van der Waals surface area contributed by atoms with E-state index in [2.05, 4.69) is 0 Å². The van der Waals surface area contributed by atoms with Gasteiger partial charge in [0.1, 0.15) is 17.1 Å². The van der Waals surface area contributed by atoms with E-state index in [0.717, 1.165) is 11.1 Å². The van der Waals surface area contributed by atoms with Gasteiger partial charge in [-0.15, -0.1) is 0 Å². The summed E-state index contributed by atoms with van der Waals surface area (Å²) in [6.07, 6.45) is 0.600. The fourth-order valence-electron chi connectivity index (χ4n) is 2.77. The minimum absolute atomic E-state index is 0.128. The molecule has 0 aliphatic rings. The van der Waals surface area contributed by atoms with E-state index in [1.807, 2.05) is 37.3 Å². The van der Waals surface area contributed by atoms with Gasteiger partial charge in [-0.05, 0) is 48.4 Å². The number of ether oxygens (including phenoxy) is 3. The zero-order valence-electron chi connectivity index (χ0n) is 16.5. The van der Waals surface area contributed by atoms with Gasteiger partial charge in [0.15, 0.2) is 6.61 Å². The number of hydrogen-bond donors (Lipinski definition) is 0. The van der Waals surface area contributed by atoms with Gasteiger partial charge in [0, 0.05) is 11.4 Å². The molecule has 0 spiro atoms. The second-order valence-electron chi connectivity index (χ2n) is 6.54. The molecule has 3 aromatic rings. The van der Waals surface area contributed by atoms with Gasteiger partial charge in [-0.1, -0.05) is 54.1 Å². The Labute approximate surface area is 180 Å². The number of rotatable bonds is 8. The van der Waals surface area contributed by atoms with Crippen LogP contribution in [0.25, 0.3) is 0 Å². The molecule has 0 saturated heterocycles. The highest BCUT2D eigenvalue weighted by atomic mass is 35.5. The summed E-state index contributed by atoms with van der Waals surface area (Å²) in [7, 11) is 0. The van der Waals surface area contributed by atoms with Crippen LogP contribution in [0.2, 0.25) is 5.02 Å². The van der Waals surface area contributed by atoms with Gasteiger partial charge in [0.2, 0.25) is 0 Å². The maximum atomic E-state index is 12.4. The van der Waals surface area contributed by atoms with Gasteiger partial charge in [-0.3, -0.25) is 0 Å². The molecule has 0 N–H and O–H groups in total. The third-order valence-corrected chi connectivity index (χ3v) is 4.52. The second kappa shape index (κ2) is 10.5. The average Bonchev–Trinajstić information content (AvgIpc) is 2.74. The predicted molar refractivity (Wildman–Crippen MR) is 114 cm³/mol. The number of aryl methyl sites for hydroxylation is 1. The first-order valence-corrected chi connectivity index (χ1v) is 9.80. The number of benzene rings is 3. The smallest absolute Gasteiger partial charge is 0.349 e. The third-order valence-electron chi connectivity index (χ3n) is 4.28. The van der Waals surface area contributed by atoms with E-state index in [1.165, 1.54) is 0 Å². The van der Waals surface area contributed by atoms with E-state index < -0.39 is 11.9 Å². The SMILES string of the molecule is Cc1cc(Cl)ccc1OCC(=O)Oc1ccccc1C(=O)OCCc1ccccc1. The second-order valence-corrected chi connectivity index (χ2v) is 6.98. The number of hydrogen-bond acceptors (Lipinski definition) is 5. The van der Waals surface area contributed by atoms with Crippen molar-refractivity contribution in [3.8, 4) is 11.5 Å². The molecule has 5 nitrogen and oxygen atoms in total. The Morgan fingerprint density at radius 2 is 1.63 bits per heavy atom. The van der Waals surface area contributed by atoms with Crippen LogP contribution in [0.3, 0.4) is 0 Å². The van der Waals surface area contributed by atoms with Crippen LogP contribution >= 0.6 is 11.6 Å². The highest BCUT2D eigenvalue weighted by molar-refractivity contribution is 6.30. The summed E-state index contributed by atoms with van der Waals surface area (Å²) >= 11 is 5.91. The molecule has 0 amide bonds. The average molecular weight is 425 g/mol. The zero-order valence-corrected chi connectivity index (χ0v) is 17.2. The van der Waals surface area contributed by atoms with Gasteiger partial charge < -0.3 is 14.2 Å². The zero-order chi connectivity index (χ0) is 21.3. The van der Waals surface area contributed by atoms with Crippen molar-refractivity contribution in [2.45, 2.75) is 13.3 Å². The molecule has 0 aliphatic heterocycles. The summed E-state index contributed by atoms with van der Waals surface area (Å²) < 4.78 is 16.2. The van der Waals surface area contributed by atoms with Gasteiger partial charge in [0.05, 0.1) is 6.61 Å². The topological polar surface area (TPSA) is 61.8 Å². The fraction of sp³-hybridized carbons (Fsp3) is 0.167. The van der Waals surface area contributed by atoms with E-state index >= 15 is 0 Å². The lowest BCUT2D eigenvalue weighted by molar-refractivity contribution is -0.136. The lowest BCUT2D eigenvalue weighted by Crippen LogP contribution is -2.19. The summed E-state index contributed by atoms with van der Waals surface area (Å²) in [6, 6.07) is 21.3. The van der Waals surface area contributed by atoms with E-state index in [0.29, 0.717) is 17.2 Å². The quantitative estimate of drug-likeness (QED) is 0.375. The number of halogens is 1. The van der Waals surface area contributed by atoms with Crippen LogP contribution in [0.15, 0.2) is 72.8 Å². The molecule has 30 heavy (non-hydrogen) atoms. The van der Waals surface area contributed by atoms with Crippen LogP contribution in [-0.2, 0) is 16.0 Å². The van der Waals surface area contributed by atoms with Crippen LogP contribution in [-0.4, -0.2) is 25.2 Å². The Kier molecular flexibility index (Phi) is 7.46. The lowest BCUT2D eigenvalue weighted by Gasteiger charge is -2.11. The van der Waals surface area contributed by atoms with Crippen LogP contribution in [0.1, 0.15) is 21.5 Å².